The van der Waals surface area contributed by atoms with E-state index in [1.54, 1.807) is 12.1 Å². The summed E-state index contributed by atoms with van der Waals surface area (Å²) >= 11 is 2.19. The van der Waals surface area contributed by atoms with Gasteiger partial charge in [-0.05, 0) is 46.9 Å². The predicted octanol–water partition coefficient (Wildman–Crippen LogP) is 2.75. The molecule has 0 N–H and O–H groups in total. The van der Waals surface area contributed by atoms with Gasteiger partial charge in [-0.2, -0.15) is 10.4 Å². The second-order valence-corrected chi connectivity index (χ2v) is 4.17. The van der Waals surface area contributed by atoms with E-state index in [-0.39, 0.29) is 5.88 Å². The smallest absolute Gasteiger partial charge is 0.256 e. The summed E-state index contributed by atoms with van der Waals surface area (Å²) in [4.78, 5) is 0. The highest BCUT2D eigenvalue weighted by Crippen LogP contribution is 2.22. The van der Waals surface area contributed by atoms with Crippen LogP contribution in [-0.2, 0) is 0 Å². The first-order chi connectivity index (χ1) is 7.79. The van der Waals surface area contributed by atoms with E-state index < -0.39 is 0 Å². The highest BCUT2D eigenvalue weighted by atomic mass is 127. The van der Waals surface area contributed by atoms with Gasteiger partial charge in [-0.15, -0.1) is 5.10 Å². The molecule has 0 amide bonds. The fourth-order valence-electron chi connectivity index (χ4n) is 1.12. The van der Waals surface area contributed by atoms with Crippen LogP contribution in [0.1, 0.15) is 5.56 Å². The van der Waals surface area contributed by atoms with E-state index in [1.165, 1.54) is 6.20 Å². The SMILES string of the molecule is N#Cc1ccnnc1Oc1cccc(I)c1. The van der Waals surface area contributed by atoms with Gasteiger partial charge in [0.25, 0.3) is 5.88 Å². The molecule has 0 aliphatic rings. The number of hydrogen-bond donors (Lipinski definition) is 0. The van der Waals surface area contributed by atoms with Crippen LogP contribution < -0.4 is 4.74 Å². The number of ether oxygens (including phenoxy) is 1. The zero-order valence-corrected chi connectivity index (χ0v) is 10.2. The molecule has 0 saturated carbocycles. The van der Waals surface area contributed by atoms with E-state index in [0.29, 0.717) is 11.3 Å². The van der Waals surface area contributed by atoms with Gasteiger partial charge >= 0.3 is 0 Å². The summed E-state index contributed by atoms with van der Waals surface area (Å²) in [5.74, 6) is 0.871. The molecule has 0 spiro atoms. The van der Waals surface area contributed by atoms with Crippen LogP contribution >= 0.6 is 22.6 Å². The Balaban J connectivity index is 2.31. The zero-order valence-electron chi connectivity index (χ0n) is 8.09. The Labute approximate surface area is 106 Å². The Morgan fingerprint density at radius 2 is 2.19 bits per heavy atom. The van der Waals surface area contributed by atoms with Gasteiger partial charge in [-0.1, -0.05) is 6.07 Å². The van der Waals surface area contributed by atoms with Crippen LogP contribution in [0.4, 0.5) is 0 Å². The van der Waals surface area contributed by atoms with Crippen LogP contribution in [-0.4, -0.2) is 10.2 Å². The van der Waals surface area contributed by atoms with Gasteiger partial charge in [0.1, 0.15) is 17.4 Å². The molecule has 1 heterocycles. The summed E-state index contributed by atoms with van der Waals surface area (Å²) in [5, 5.41) is 16.3. The van der Waals surface area contributed by atoms with Crippen LogP contribution in [0.25, 0.3) is 0 Å². The normalized spacial score (nSPS) is 9.50. The molecule has 0 atom stereocenters. The third kappa shape index (κ3) is 2.46. The zero-order chi connectivity index (χ0) is 11.4. The summed E-state index contributed by atoms with van der Waals surface area (Å²) in [6.45, 7) is 0. The van der Waals surface area contributed by atoms with E-state index in [2.05, 4.69) is 32.8 Å². The van der Waals surface area contributed by atoms with E-state index in [4.69, 9.17) is 10.00 Å². The molecule has 2 rings (SSSR count). The Kier molecular flexibility index (Phi) is 3.31. The lowest BCUT2D eigenvalue weighted by molar-refractivity contribution is 0.453. The number of rotatable bonds is 2. The molecule has 1 aromatic carbocycles. The molecule has 0 saturated heterocycles. The van der Waals surface area contributed by atoms with Crippen LogP contribution in [0.2, 0.25) is 0 Å². The molecule has 0 unspecified atom stereocenters. The number of benzene rings is 1. The van der Waals surface area contributed by atoms with E-state index >= 15 is 0 Å². The summed E-state index contributed by atoms with van der Waals surface area (Å²) in [7, 11) is 0. The molecular weight excluding hydrogens is 317 g/mol. The van der Waals surface area contributed by atoms with Crippen molar-refractivity contribution in [3.8, 4) is 17.7 Å². The largest absolute Gasteiger partial charge is 0.437 e. The monoisotopic (exact) mass is 323 g/mol. The topological polar surface area (TPSA) is 58.8 Å². The van der Waals surface area contributed by atoms with Crippen LogP contribution in [0.3, 0.4) is 0 Å². The van der Waals surface area contributed by atoms with Crippen molar-refractivity contribution < 1.29 is 4.74 Å². The van der Waals surface area contributed by atoms with Crippen LogP contribution in [0, 0.1) is 14.9 Å². The Morgan fingerprint density at radius 1 is 1.31 bits per heavy atom. The first kappa shape index (κ1) is 10.8. The molecule has 4 nitrogen and oxygen atoms in total. The third-order valence-corrected chi connectivity index (χ3v) is 2.49. The van der Waals surface area contributed by atoms with Gasteiger partial charge in [0.05, 0.1) is 6.20 Å². The van der Waals surface area contributed by atoms with Gasteiger partial charge < -0.3 is 4.74 Å². The quantitative estimate of drug-likeness (QED) is 0.798. The maximum absolute atomic E-state index is 8.85. The Hall–Kier alpha value is -1.68. The van der Waals surface area contributed by atoms with Crippen molar-refractivity contribution in [3.63, 3.8) is 0 Å². The first-order valence-corrected chi connectivity index (χ1v) is 5.52. The van der Waals surface area contributed by atoms with Gasteiger partial charge in [0.15, 0.2) is 0 Å². The van der Waals surface area contributed by atoms with Crippen LogP contribution in [0.15, 0.2) is 36.5 Å². The molecule has 2 aromatic rings. The Morgan fingerprint density at radius 3 is 2.94 bits per heavy atom. The molecule has 78 valence electrons. The van der Waals surface area contributed by atoms with Crippen molar-refractivity contribution in [3.05, 3.63) is 45.7 Å². The number of nitriles is 1. The highest BCUT2D eigenvalue weighted by molar-refractivity contribution is 14.1. The molecule has 0 fully saturated rings. The number of halogens is 1. The number of aromatic nitrogens is 2. The van der Waals surface area contributed by atoms with E-state index in [0.717, 1.165) is 3.57 Å². The minimum atomic E-state index is 0.229. The summed E-state index contributed by atoms with van der Waals surface area (Å²) < 4.78 is 6.53. The fourth-order valence-corrected chi connectivity index (χ4v) is 1.64. The molecular formula is C11H6IN3O. The maximum Gasteiger partial charge on any atom is 0.256 e. The summed E-state index contributed by atoms with van der Waals surface area (Å²) in [6.07, 6.45) is 1.46. The molecule has 5 heteroatoms. The van der Waals surface area contributed by atoms with Crippen molar-refractivity contribution in [1.82, 2.24) is 10.2 Å². The highest BCUT2D eigenvalue weighted by Gasteiger charge is 2.05. The number of hydrogen-bond acceptors (Lipinski definition) is 4. The van der Waals surface area contributed by atoms with Crippen LogP contribution in [0.5, 0.6) is 11.6 Å². The first-order valence-electron chi connectivity index (χ1n) is 4.45. The second kappa shape index (κ2) is 4.90. The average molecular weight is 323 g/mol. The lowest BCUT2D eigenvalue weighted by Crippen LogP contribution is -1.93. The van der Waals surface area contributed by atoms with Crippen molar-refractivity contribution in [2.75, 3.05) is 0 Å². The standard InChI is InChI=1S/C11H6IN3O/c12-9-2-1-3-10(6-9)16-11-8(7-13)4-5-14-15-11/h1-6H. The average Bonchev–Trinajstić information content (AvgIpc) is 2.30. The van der Waals surface area contributed by atoms with Gasteiger partial charge in [0, 0.05) is 3.57 Å². The lowest BCUT2D eigenvalue weighted by atomic mass is 10.3. The van der Waals surface area contributed by atoms with E-state index in [9.17, 15) is 0 Å². The second-order valence-electron chi connectivity index (χ2n) is 2.92. The summed E-state index contributed by atoms with van der Waals surface area (Å²) in [5.41, 5.74) is 0.369. The molecule has 16 heavy (non-hydrogen) atoms. The van der Waals surface area contributed by atoms with Gasteiger partial charge in [0.2, 0.25) is 0 Å². The molecule has 0 aliphatic heterocycles. The minimum absolute atomic E-state index is 0.229. The predicted molar refractivity (Wildman–Crippen MR) is 66.0 cm³/mol. The summed E-state index contributed by atoms with van der Waals surface area (Å²) in [6, 6.07) is 11.1. The fraction of sp³-hybridized carbons (Fsp3) is 0. The Bertz CT molecular complexity index is 551. The lowest BCUT2D eigenvalue weighted by Gasteiger charge is -2.04. The van der Waals surface area contributed by atoms with Crippen molar-refractivity contribution >= 4 is 22.6 Å². The van der Waals surface area contributed by atoms with Crippen molar-refractivity contribution in [2.24, 2.45) is 0 Å². The number of nitrogens with zero attached hydrogens (tertiary/aromatic N) is 3. The van der Waals surface area contributed by atoms with Crippen molar-refractivity contribution in [1.29, 1.82) is 5.26 Å². The van der Waals surface area contributed by atoms with Gasteiger partial charge in [-0.25, -0.2) is 0 Å². The minimum Gasteiger partial charge on any atom is -0.437 e. The molecule has 0 bridgehead atoms. The van der Waals surface area contributed by atoms with E-state index in [1.807, 2.05) is 24.3 Å². The molecule has 1 aromatic heterocycles. The third-order valence-electron chi connectivity index (χ3n) is 1.82. The molecule has 0 radical (unpaired) electrons. The van der Waals surface area contributed by atoms with Gasteiger partial charge in [-0.3, -0.25) is 0 Å². The molecule has 0 aliphatic carbocycles. The van der Waals surface area contributed by atoms with Crippen molar-refractivity contribution in [2.45, 2.75) is 0 Å². The maximum atomic E-state index is 8.85.